The molecule has 0 unspecified atom stereocenters. The Morgan fingerprint density at radius 2 is 1.32 bits per heavy atom. The van der Waals surface area contributed by atoms with Crippen molar-refractivity contribution in [2.24, 2.45) is 0 Å². The molecule has 0 saturated heterocycles. The van der Waals surface area contributed by atoms with Gasteiger partial charge in [-0.1, -0.05) is 23.2 Å². The van der Waals surface area contributed by atoms with Crippen LogP contribution in [0.4, 0.5) is 11.4 Å². The number of anilines is 2. The number of hydrogen-bond donors (Lipinski definition) is 2. The van der Waals surface area contributed by atoms with Crippen LogP contribution in [0.2, 0.25) is 10.0 Å². The molecule has 194 valence electrons. The fraction of sp³-hybridized carbons (Fsp3) is 0.125. The lowest BCUT2D eigenvalue weighted by Crippen LogP contribution is -2.21. The first-order valence-electron chi connectivity index (χ1n) is 10.3. The molecule has 0 saturated carbocycles. The first kappa shape index (κ1) is 27.8. The molecule has 37 heavy (non-hydrogen) atoms. The highest BCUT2D eigenvalue weighted by Gasteiger charge is 2.17. The van der Waals surface area contributed by atoms with E-state index in [0.717, 1.165) is 0 Å². The normalized spacial score (nSPS) is 10.8. The quantitative estimate of drug-likeness (QED) is 0.364. The zero-order chi connectivity index (χ0) is 27.2. The Morgan fingerprint density at radius 1 is 0.784 bits per heavy atom. The molecule has 2 N–H and O–H groups in total. The number of sulfonamides is 1. The van der Waals surface area contributed by atoms with Gasteiger partial charge in [-0.2, -0.15) is 0 Å². The number of halogens is 2. The zero-order valence-electron chi connectivity index (χ0n) is 19.4. The van der Waals surface area contributed by atoms with Crippen LogP contribution in [0.25, 0.3) is 0 Å². The molecular weight excluding hydrogens is 547 g/mol. The average molecular weight is 567 g/mol. The standard InChI is InChI=1S/C24H20Cl2N2O8S/c1-34-23(30)14-7-15(24(31)35-2)9-18(8-14)27-22(29)13-36-20-3-5-21(6-4-20)37(32,33)28-19-11-16(25)10-17(26)12-19/h3-12,28H,13H2,1-2H3,(H,27,29). The van der Waals surface area contributed by atoms with Gasteiger partial charge >= 0.3 is 11.9 Å². The highest BCUT2D eigenvalue weighted by molar-refractivity contribution is 7.92. The minimum Gasteiger partial charge on any atom is -0.484 e. The van der Waals surface area contributed by atoms with Gasteiger partial charge in [-0.15, -0.1) is 0 Å². The van der Waals surface area contributed by atoms with Gasteiger partial charge in [0.25, 0.3) is 15.9 Å². The molecule has 0 aliphatic heterocycles. The number of amides is 1. The third-order valence-electron chi connectivity index (χ3n) is 4.68. The molecule has 3 aromatic rings. The van der Waals surface area contributed by atoms with E-state index in [2.05, 4.69) is 19.5 Å². The highest BCUT2D eigenvalue weighted by atomic mass is 35.5. The van der Waals surface area contributed by atoms with Gasteiger partial charge < -0.3 is 19.5 Å². The van der Waals surface area contributed by atoms with Crippen molar-refractivity contribution in [1.29, 1.82) is 0 Å². The third kappa shape index (κ3) is 7.59. The van der Waals surface area contributed by atoms with Crippen molar-refractivity contribution in [3.63, 3.8) is 0 Å². The van der Waals surface area contributed by atoms with Crippen LogP contribution >= 0.6 is 23.2 Å². The second-order valence-corrected chi connectivity index (χ2v) is 9.91. The fourth-order valence-electron chi connectivity index (χ4n) is 3.06. The van der Waals surface area contributed by atoms with Crippen molar-refractivity contribution in [3.8, 4) is 5.75 Å². The Bertz CT molecular complexity index is 1390. The van der Waals surface area contributed by atoms with Gasteiger partial charge in [0.05, 0.1) is 35.9 Å². The number of hydrogen-bond acceptors (Lipinski definition) is 8. The van der Waals surface area contributed by atoms with Gasteiger partial charge in [-0.25, -0.2) is 18.0 Å². The maximum atomic E-state index is 12.6. The predicted molar refractivity (Wildman–Crippen MR) is 137 cm³/mol. The van der Waals surface area contributed by atoms with Crippen LogP contribution in [0, 0.1) is 0 Å². The molecule has 3 aromatic carbocycles. The predicted octanol–water partition coefficient (Wildman–Crippen LogP) is 4.38. The largest absolute Gasteiger partial charge is 0.484 e. The number of benzene rings is 3. The van der Waals surface area contributed by atoms with Crippen LogP contribution in [0.15, 0.2) is 65.6 Å². The number of esters is 2. The van der Waals surface area contributed by atoms with Gasteiger partial charge in [0.1, 0.15) is 5.75 Å². The average Bonchev–Trinajstić information content (AvgIpc) is 2.85. The first-order valence-corrected chi connectivity index (χ1v) is 12.6. The molecule has 0 spiro atoms. The highest BCUT2D eigenvalue weighted by Crippen LogP contribution is 2.25. The Balaban J connectivity index is 1.65. The van der Waals surface area contributed by atoms with Crippen LogP contribution in [0.1, 0.15) is 20.7 Å². The summed E-state index contributed by atoms with van der Waals surface area (Å²) in [6.07, 6.45) is 0. The molecule has 0 aliphatic rings. The van der Waals surface area contributed by atoms with Crippen LogP contribution in [0.5, 0.6) is 5.75 Å². The molecule has 0 heterocycles. The minimum absolute atomic E-state index is 0.0343. The lowest BCUT2D eigenvalue weighted by Gasteiger charge is -2.11. The number of rotatable bonds is 9. The van der Waals surface area contributed by atoms with Crippen molar-refractivity contribution in [2.75, 3.05) is 30.9 Å². The molecule has 0 aliphatic carbocycles. The van der Waals surface area contributed by atoms with E-state index in [-0.39, 0.29) is 43.2 Å². The number of nitrogens with one attached hydrogen (secondary N) is 2. The molecule has 3 rings (SSSR count). The van der Waals surface area contributed by atoms with Gasteiger partial charge in [0.15, 0.2) is 6.61 Å². The topological polar surface area (TPSA) is 137 Å². The Kier molecular flexibility index (Phi) is 8.98. The van der Waals surface area contributed by atoms with E-state index in [0.29, 0.717) is 0 Å². The van der Waals surface area contributed by atoms with Crippen molar-refractivity contribution in [2.45, 2.75) is 4.90 Å². The van der Waals surface area contributed by atoms with E-state index < -0.39 is 34.5 Å². The molecule has 0 atom stereocenters. The van der Waals surface area contributed by atoms with Crippen molar-refractivity contribution in [3.05, 3.63) is 81.8 Å². The van der Waals surface area contributed by atoms with Crippen molar-refractivity contribution >= 4 is 62.4 Å². The summed E-state index contributed by atoms with van der Waals surface area (Å²) in [5, 5.41) is 3.05. The van der Waals surface area contributed by atoms with E-state index >= 15 is 0 Å². The second kappa shape index (κ2) is 12.0. The van der Waals surface area contributed by atoms with E-state index in [1.165, 1.54) is 74.9 Å². The van der Waals surface area contributed by atoms with Crippen LogP contribution in [0.3, 0.4) is 0 Å². The number of carbonyl (C=O) groups excluding carboxylic acids is 3. The van der Waals surface area contributed by atoms with Crippen LogP contribution in [-0.2, 0) is 24.3 Å². The summed E-state index contributed by atoms with van der Waals surface area (Å²) < 4.78 is 42.4. The lowest BCUT2D eigenvalue weighted by atomic mass is 10.1. The third-order valence-corrected chi connectivity index (χ3v) is 6.51. The maximum Gasteiger partial charge on any atom is 0.337 e. The van der Waals surface area contributed by atoms with Crippen LogP contribution < -0.4 is 14.8 Å². The molecule has 13 heteroatoms. The fourth-order valence-corrected chi connectivity index (χ4v) is 4.63. The van der Waals surface area contributed by atoms with Gasteiger partial charge in [-0.3, -0.25) is 9.52 Å². The SMILES string of the molecule is COC(=O)c1cc(NC(=O)COc2ccc(S(=O)(=O)Nc3cc(Cl)cc(Cl)c3)cc2)cc(C(=O)OC)c1. The molecule has 0 bridgehead atoms. The summed E-state index contributed by atoms with van der Waals surface area (Å²) in [6.45, 7) is -0.443. The van der Waals surface area contributed by atoms with Gasteiger partial charge in [0, 0.05) is 15.7 Å². The monoisotopic (exact) mass is 566 g/mol. The van der Waals surface area contributed by atoms with E-state index in [4.69, 9.17) is 27.9 Å². The number of methoxy groups -OCH3 is 2. The number of carbonyl (C=O) groups is 3. The van der Waals surface area contributed by atoms with Crippen LogP contribution in [-0.4, -0.2) is 47.1 Å². The summed E-state index contributed by atoms with van der Waals surface area (Å²) in [7, 11) is -1.58. The maximum absolute atomic E-state index is 12.6. The van der Waals surface area contributed by atoms with Crippen molar-refractivity contribution in [1.82, 2.24) is 0 Å². The summed E-state index contributed by atoms with van der Waals surface area (Å²) >= 11 is 11.8. The van der Waals surface area contributed by atoms with E-state index in [1.807, 2.05) is 0 Å². The Labute approximate surface area is 222 Å². The van der Waals surface area contributed by atoms with Gasteiger partial charge in [0.2, 0.25) is 0 Å². The van der Waals surface area contributed by atoms with E-state index in [1.54, 1.807) is 0 Å². The van der Waals surface area contributed by atoms with Crippen molar-refractivity contribution < 1.29 is 37.0 Å². The summed E-state index contributed by atoms with van der Waals surface area (Å²) in [4.78, 5) is 36.1. The zero-order valence-corrected chi connectivity index (χ0v) is 21.7. The lowest BCUT2D eigenvalue weighted by molar-refractivity contribution is -0.118. The second-order valence-electron chi connectivity index (χ2n) is 7.35. The molecule has 0 radical (unpaired) electrons. The van der Waals surface area contributed by atoms with Gasteiger partial charge in [-0.05, 0) is 60.7 Å². The molecule has 0 aromatic heterocycles. The Morgan fingerprint density at radius 3 is 1.84 bits per heavy atom. The van der Waals surface area contributed by atoms with E-state index in [9.17, 15) is 22.8 Å². The summed E-state index contributed by atoms with van der Waals surface area (Å²) in [5.74, 6) is -1.80. The summed E-state index contributed by atoms with van der Waals surface area (Å²) in [6, 6.07) is 13.6. The molecule has 1 amide bonds. The molecular formula is C24H20Cl2N2O8S. The summed E-state index contributed by atoms with van der Waals surface area (Å²) in [5.41, 5.74) is 0.408. The Hall–Kier alpha value is -3.80. The first-order chi connectivity index (χ1) is 17.5. The number of ether oxygens (including phenoxy) is 3. The minimum atomic E-state index is -3.94. The molecule has 0 fully saturated rings. The molecule has 10 nitrogen and oxygen atoms in total. The smallest absolute Gasteiger partial charge is 0.337 e.